The highest BCUT2D eigenvalue weighted by molar-refractivity contribution is 5.26. The van der Waals surface area contributed by atoms with Crippen molar-refractivity contribution in [2.24, 2.45) is 63.6 Å². The van der Waals surface area contributed by atoms with E-state index in [-0.39, 0.29) is 0 Å². The molecule has 5 saturated carbocycles. The normalized spacial score (nSPS) is 53.6. The van der Waals surface area contributed by atoms with Crippen molar-refractivity contribution in [3.8, 4) is 0 Å². The van der Waals surface area contributed by atoms with E-state index in [4.69, 9.17) is 4.74 Å². The van der Waals surface area contributed by atoms with Crippen LogP contribution in [-0.2, 0) is 4.74 Å². The molecule has 5 fully saturated rings. The summed E-state index contributed by atoms with van der Waals surface area (Å²) in [6, 6.07) is 0. The van der Waals surface area contributed by atoms with Gasteiger partial charge < -0.3 is 4.74 Å². The van der Waals surface area contributed by atoms with Gasteiger partial charge in [-0.15, -0.1) is 0 Å². The Morgan fingerprint density at radius 3 is 2.33 bits per heavy atom. The van der Waals surface area contributed by atoms with Gasteiger partial charge in [-0.1, -0.05) is 54.4 Å². The predicted octanol–water partition coefficient (Wildman–Crippen LogP) is 7.98. The van der Waals surface area contributed by atoms with Gasteiger partial charge in [0.05, 0.1) is 6.10 Å². The molecular weight excluding hydrogens is 364 g/mol. The molecule has 0 aromatic carbocycles. The summed E-state index contributed by atoms with van der Waals surface area (Å²) in [7, 11) is 2.03. The van der Waals surface area contributed by atoms with Crippen molar-refractivity contribution in [2.75, 3.05) is 7.11 Å². The van der Waals surface area contributed by atoms with Gasteiger partial charge in [-0.3, -0.25) is 0 Å². The van der Waals surface area contributed by atoms with Gasteiger partial charge in [0.2, 0.25) is 0 Å². The number of fused-ring (bicyclic) bond motifs is 4. The van der Waals surface area contributed by atoms with Crippen LogP contribution in [0.5, 0.6) is 0 Å². The van der Waals surface area contributed by atoms with E-state index in [0.717, 1.165) is 47.3 Å². The fourth-order valence-corrected chi connectivity index (χ4v) is 10.6. The van der Waals surface area contributed by atoms with Crippen LogP contribution in [0, 0.1) is 63.6 Å². The second-order valence-electron chi connectivity index (χ2n) is 13.7. The quantitative estimate of drug-likeness (QED) is 0.428. The Morgan fingerprint density at radius 2 is 1.67 bits per heavy atom. The van der Waals surface area contributed by atoms with Gasteiger partial charge in [0, 0.05) is 12.5 Å². The number of ether oxygens (including phenoxy) is 1. The van der Waals surface area contributed by atoms with Crippen molar-refractivity contribution in [3.05, 3.63) is 0 Å². The van der Waals surface area contributed by atoms with E-state index in [9.17, 15) is 0 Å². The molecule has 0 amide bonds. The Hall–Kier alpha value is -0.0400. The lowest BCUT2D eigenvalue weighted by Gasteiger charge is -2.61. The molecule has 1 nitrogen and oxygen atoms in total. The van der Waals surface area contributed by atoms with Crippen LogP contribution >= 0.6 is 0 Å². The van der Waals surface area contributed by atoms with Crippen molar-refractivity contribution in [2.45, 2.75) is 112 Å². The lowest BCUT2D eigenvalue weighted by molar-refractivity contribution is -0.161. The van der Waals surface area contributed by atoms with Crippen molar-refractivity contribution >= 4 is 0 Å². The van der Waals surface area contributed by atoms with Gasteiger partial charge in [0.15, 0.2) is 0 Å². The van der Waals surface area contributed by atoms with E-state index < -0.39 is 0 Å². The van der Waals surface area contributed by atoms with E-state index in [1.165, 1.54) is 64.2 Å². The molecule has 0 aromatic heterocycles. The van der Waals surface area contributed by atoms with Crippen LogP contribution in [0.2, 0.25) is 0 Å². The molecule has 5 aliphatic carbocycles. The maximum atomic E-state index is 6.31. The zero-order valence-electron chi connectivity index (χ0n) is 21.2. The average molecular weight is 415 g/mol. The number of hydrogen-bond donors (Lipinski definition) is 0. The van der Waals surface area contributed by atoms with E-state index in [1.54, 1.807) is 0 Å². The molecule has 0 heterocycles. The third kappa shape index (κ3) is 2.75. The van der Waals surface area contributed by atoms with Crippen molar-refractivity contribution in [1.82, 2.24) is 0 Å². The fourth-order valence-electron chi connectivity index (χ4n) is 10.6. The molecule has 11 atom stereocenters. The van der Waals surface area contributed by atoms with Crippen LogP contribution in [0.3, 0.4) is 0 Å². The smallest absolute Gasteiger partial charge is 0.0638 e. The molecule has 5 rings (SSSR count). The van der Waals surface area contributed by atoms with Gasteiger partial charge in [-0.25, -0.2) is 0 Å². The lowest BCUT2D eigenvalue weighted by atomic mass is 9.45. The average Bonchev–Trinajstić information content (AvgIpc) is 3.22. The predicted molar refractivity (Wildman–Crippen MR) is 126 cm³/mol. The van der Waals surface area contributed by atoms with Crippen molar-refractivity contribution in [1.29, 1.82) is 0 Å². The summed E-state index contributed by atoms with van der Waals surface area (Å²) < 4.78 is 6.31. The molecule has 0 bridgehead atoms. The van der Waals surface area contributed by atoms with Crippen LogP contribution in [0.15, 0.2) is 0 Å². The first-order valence-corrected chi connectivity index (χ1v) is 13.7. The zero-order chi connectivity index (χ0) is 21.5. The summed E-state index contributed by atoms with van der Waals surface area (Å²) in [5, 5.41) is 0. The van der Waals surface area contributed by atoms with Gasteiger partial charge in [-0.2, -0.15) is 0 Å². The van der Waals surface area contributed by atoms with E-state index in [2.05, 4.69) is 41.5 Å². The molecule has 1 spiro atoms. The van der Waals surface area contributed by atoms with Crippen molar-refractivity contribution < 1.29 is 4.74 Å². The second kappa shape index (κ2) is 7.23. The van der Waals surface area contributed by atoms with E-state index in [1.807, 2.05) is 7.11 Å². The number of methoxy groups -OCH3 is 1. The maximum Gasteiger partial charge on any atom is 0.0638 e. The highest BCUT2D eigenvalue weighted by atomic mass is 16.5. The number of hydrogen-bond acceptors (Lipinski definition) is 1. The molecule has 0 saturated heterocycles. The van der Waals surface area contributed by atoms with Gasteiger partial charge in [0.25, 0.3) is 0 Å². The third-order valence-corrected chi connectivity index (χ3v) is 12.8. The zero-order valence-corrected chi connectivity index (χ0v) is 21.2. The Morgan fingerprint density at radius 1 is 0.900 bits per heavy atom. The van der Waals surface area contributed by atoms with Crippen LogP contribution < -0.4 is 0 Å². The van der Waals surface area contributed by atoms with E-state index >= 15 is 0 Å². The Labute approximate surface area is 187 Å². The van der Waals surface area contributed by atoms with Crippen LogP contribution in [0.1, 0.15) is 106 Å². The highest BCUT2D eigenvalue weighted by Crippen LogP contribution is 2.82. The monoisotopic (exact) mass is 414 g/mol. The van der Waals surface area contributed by atoms with Gasteiger partial charge >= 0.3 is 0 Å². The fraction of sp³-hybridized carbons (Fsp3) is 1.00. The standard InChI is InChI=1S/C29H50O/c1-18(2)19(3)8-9-20(4)23-10-11-24-22-16-26(30-7)29-17-21(29)12-15-28(29,6)25(22)13-14-27(23,24)5/h18-26H,8-17H2,1-7H3. The molecule has 11 unspecified atom stereocenters. The molecule has 1 heteroatoms. The van der Waals surface area contributed by atoms with Crippen LogP contribution in [0.4, 0.5) is 0 Å². The maximum absolute atomic E-state index is 6.31. The SMILES string of the molecule is COC1CC2C3CCC(C(C)CCC(C)C(C)C)C3(C)CCC2C2(C)CCC3CC312. The first-order chi connectivity index (χ1) is 14.2. The van der Waals surface area contributed by atoms with Crippen LogP contribution in [-0.4, -0.2) is 13.2 Å². The molecule has 30 heavy (non-hydrogen) atoms. The molecule has 0 N–H and O–H groups in total. The summed E-state index contributed by atoms with van der Waals surface area (Å²) in [5.74, 6) is 7.47. The van der Waals surface area contributed by atoms with Crippen LogP contribution in [0.25, 0.3) is 0 Å². The molecule has 0 radical (unpaired) electrons. The number of rotatable bonds is 6. The summed E-state index contributed by atoms with van der Waals surface area (Å²) in [5.41, 5.74) is 1.76. The molecular formula is C29H50O. The van der Waals surface area contributed by atoms with Gasteiger partial charge in [-0.05, 0) is 110 Å². The molecule has 0 aliphatic heterocycles. The molecule has 172 valence electrons. The largest absolute Gasteiger partial charge is 0.381 e. The van der Waals surface area contributed by atoms with E-state index in [0.29, 0.717) is 22.3 Å². The van der Waals surface area contributed by atoms with Crippen molar-refractivity contribution in [3.63, 3.8) is 0 Å². The molecule has 5 aliphatic rings. The first-order valence-electron chi connectivity index (χ1n) is 13.7. The highest BCUT2D eigenvalue weighted by Gasteiger charge is 2.77. The Balaban J connectivity index is 1.35. The summed E-state index contributed by atoms with van der Waals surface area (Å²) in [6.07, 6.45) is 15.3. The molecule has 0 aromatic rings. The summed E-state index contributed by atoms with van der Waals surface area (Å²) in [4.78, 5) is 0. The Kier molecular flexibility index (Phi) is 5.25. The third-order valence-electron chi connectivity index (χ3n) is 12.8. The minimum Gasteiger partial charge on any atom is -0.381 e. The Bertz CT molecular complexity index is 655. The minimum absolute atomic E-state index is 0.557. The second-order valence-corrected chi connectivity index (χ2v) is 13.7. The lowest BCUT2D eigenvalue weighted by Crippen LogP contribution is -2.57. The summed E-state index contributed by atoms with van der Waals surface area (Å²) >= 11 is 0. The minimum atomic E-state index is 0.557. The summed E-state index contributed by atoms with van der Waals surface area (Å²) in [6.45, 7) is 15.3. The first kappa shape index (κ1) is 21.8. The topological polar surface area (TPSA) is 9.23 Å². The van der Waals surface area contributed by atoms with Gasteiger partial charge in [0.1, 0.15) is 0 Å².